The molecule has 2 fully saturated rings. The van der Waals surface area contributed by atoms with Crippen molar-refractivity contribution in [2.24, 2.45) is 11.8 Å². The third-order valence-corrected chi connectivity index (χ3v) is 6.66. The summed E-state index contributed by atoms with van der Waals surface area (Å²) in [5.74, 6) is -1.02. The highest BCUT2D eigenvalue weighted by Gasteiger charge is 2.43. The lowest BCUT2D eigenvalue weighted by molar-refractivity contribution is -0.128. The monoisotopic (exact) mass is 504 g/mol. The van der Waals surface area contributed by atoms with Crippen LogP contribution in [-0.4, -0.2) is 56.5 Å². The Kier molecular flexibility index (Phi) is 4.62. The summed E-state index contributed by atoms with van der Waals surface area (Å²) in [5.41, 5.74) is 1.86. The quantitative estimate of drug-likeness (QED) is 0.483. The average Bonchev–Trinajstić information content (AvgIpc) is 3.80. The van der Waals surface area contributed by atoms with Crippen LogP contribution in [0.1, 0.15) is 51.8 Å². The fourth-order valence-electron chi connectivity index (χ4n) is 4.52. The number of hydrogen-bond donors (Lipinski definition) is 2. The van der Waals surface area contributed by atoms with Gasteiger partial charge in [-0.25, -0.2) is 19.5 Å². The zero-order chi connectivity index (χ0) is 28.3. The second-order valence-electron chi connectivity index (χ2n) is 9.59. The van der Waals surface area contributed by atoms with E-state index in [4.69, 9.17) is 4.11 Å². The highest BCUT2D eigenvalue weighted by Crippen LogP contribution is 2.40. The Morgan fingerprint density at radius 3 is 2.51 bits per heavy atom. The molecule has 12 nitrogen and oxygen atoms in total. The number of imide groups is 1. The molecule has 3 aromatic rings. The van der Waals surface area contributed by atoms with Crippen LogP contribution in [0.3, 0.4) is 0 Å². The molecule has 1 aromatic carbocycles. The van der Waals surface area contributed by atoms with E-state index in [2.05, 4.69) is 25.4 Å². The predicted octanol–water partition coefficient (Wildman–Crippen LogP) is 2.10. The fourth-order valence-corrected chi connectivity index (χ4v) is 4.52. The van der Waals surface area contributed by atoms with E-state index in [1.165, 1.54) is 0 Å². The van der Waals surface area contributed by atoms with Gasteiger partial charge >= 0.3 is 0 Å². The number of rotatable bonds is 6. The van der Waals surface area contributed by atoms with E-state index in [1.807, 2.05) is 30.3 Å². The zero-order valence-electron chi connectivity index (χ0n) is 23.4. The van der Waals surface area contributed by atoms with Crippen LogP contribution >= 0.6 is 0 Å². The maximum atomic E-state index is 13.1. The highest BCUT2D eigenvalue weighted by molar-refractivity contribution is 6.16. The molecular formula is C25H27N9O3. The predicted molar refractivity (Wildman–Crippen MR) is 135 cm³/mol. The Morgan fingerprint density at radius 1 is 1.11 bits per heavy atom. The molecular weight excluding hydrogens is 474 g/mol. The summed E-state index contributed by atoms with van der Waals surface area (Å²) in [6, 6.07) is 5.45. The van der Waals surface area contributed by atoms with Crippen LogP contribution in [0.4, 0.5) is 23.1 Å². The number of anilines is 4. The van der Waals surface area contributed by atoms with Gasteiger partial charge in [-0.1, -0.05) is 6.07 Å². The van der Waals surface area contributed by atoms with Crippen molar-refractivity contribution in [3.05, 3.63) is 41.6 Å². The molecule has 3 heterocycles. The second kappa shape index (κ2) is 8.64. The van der Waals surface area contributed by atoms with E-state index in [0.717, 1.165) is 28.3 Å². The number of aromatic nitrogens is 5. The minimum Gasteiger partial charge on any atom is -0.364 e. The topological polar surface area (TPSA) is 138 Å². The lowest BCUT2D eigenvalue weighted by Gasteiger charge is -2.30. The van der Waals surface area contributed by atoms with Gasteiger partial charge in [0.1, 0.15) is 17.2 Å². The normalized spacial score (nSPS) is 17.6. The summed E-state index contributed by atoms with van der Waals surface area (Å²) in [6.45, 7) is -0.479. The molecule has 0 radical (unpaired) electrons. The van der Waals surface area contributed by atoms with E-state index in [0.29, 0.717) is 43.7 Å². The van der Waals surface area contributed by atoms with Crippen LogP contribution in [0.2, 0.25) is 0 Å². The van der Waals surface area contributed by atoms with Crippen molar-refractivity contribution < 1.29 is 18.5 Å². The summed E-state index contributed by atoms with van der Waals surface area (Å²) in [6.07, 6.45) is 3.87. The lowest BCUT2D eigenvalue weighted by Crippen LogP contribution is -2.40. The number of aryl methyl sites for hydroxylation is 1. The zero-order valence-corrected chi connectivity index (χ0v) is 20.4. The first-order chi connectivity index (χ1) is 19.0. The van der Waals surface area contributed by atoms with Crippen LogP contribution in [0.5, 0.6) is 0 Å². The molecule has 12 heteroatoms. The average molecular weight is 505 g/mol. The van der Waals surface area contributed by atoms with Crippen LogP contribution in [0, 0.1) is 18.8 Å². The number of nitrogens with zero attached hydrogens (tertiary/aromatic N) is 7. The number of benzene rings is 1. The van der Waals surface area contributed by atoms with Gasteiger partial charge in [-0.2, -0.15) is 10.1 Å². The van der Waals surface area contributed by atoms with E-state index < -0.39 is 12.9 Å². The van der Waals surface area contributed by atoms with Crippen LogP contribution in [0.25, 0.3) is 5.69 Å². The Bertz CT molecular complexity index is 1520. The molecule has 37 heavy (non-hydrogen) atoms. The lowest BCUT2D eigenvalue weighted by atomic mass is 10.1. The van der Waals surface area contributed by atoms with Crippen molar-refractivity contribution in [2.75, 3.05) is 29.1 Å². The molecule has 0 saturated heterocycles. The first kappa shape index (κ1) is 19.8. The molecule has 2 saturated carbocycles. The van der Waals surface area contributed by atoms with Gasteiger partial charge in [0.25, 0.3) is 5.91 Å². The molecule has 2 aromatic heterocycles. The van der Waals surface area contributed by atoms with Gasteiger partial charge in [-0.3, -0.25) is 14.4 Å². The maximum absolute atomic E-state index is 13.1. The van der Waals surface area contributed by atoms with Gasteiger partial charge in [0.15, 0.2) is 5.82 Å². The number of fused-ring (bicyclic) bond motifs is 3. The number of hydrogen-bond acceptors (Lipinski definition) is 9. The SMILES string of the molecule is [2H]C([2H])([2H])NC(=O)c1cnc(N(C(=O)C2CC2)C(=O)C2CC2)nc1Nc1cccc2c1N(C)Cc1nc(C)nn1-2. The van der Waals surface area contributed by atoms with Gasteiger partial charge in [0.2, 0.25) is 17.8 Å². The summed E-state index contributed by atoms with van der Waals surface area (Å²) >= 11 is 0. The van der Waals surface area contributed by atoms with E-state index >= 15 is 0 Å². The van der Waals surface area contributed by atoms with Crippen molar-refractivity contribution in [3.63, 3.8) is 0 Å². The minimum atomic E-state index is -2.75. The van der Waals surface area contributed by atoms with Gasteiger partial charge < -0.3 is 15.5 Å². The number of carbonyl (C=O) groups is 3. The van der Waals surface area contributed by atoms with Gasteiger partial charge in [-0.15, -0.1) is 0 Å². The largest absolute Gasteiger partial charge is 0.364 e. The van der Waals surface area contributed by atoms with E-state index in [1.54, 1.807) is 16.8 Å². The Morgan fingerprint density at radius 2 is 1.84 bits per heavy atom. The second-order valence-corrected chi connectivity index (χ2v) is 9.59. The summed E-state index contributed by atoms with van der Waals surface area (Å²) < 4.78 is 24.2. The maximum Gasteiger partial charge on any atom is 0.256 e. The molecule has 0 bridgehead atoms. The smallest absolute Gasteiger partial charge is 0.256 e. The van der Waals surface area contributed by atoms with E-state index in [9.17, 15) is 14.4 Å². The number of amides is 3. The van der Waals surface area contributed by atoms with Gasteiger partial charge in [0, 0.05) is 36.2 Å². The van der Waals surface area contributed by atoms with Crippen molar-refractivity contribution >= 4 is 40.9 Å². The minimum absolute atomic E-state index is 0.0497. The Hall–Kier alpha value is -4.35. The number of carbonyl (C=O) groups excluding carboxylic acids is 3. The first-order valence-electron chi connectivity index (χ1n) is 13.6. The number of para-hydroxylation sites is 1. The van der Waals surface area contributed by atoms with Crippen LogP contribution < -0.4 is 20.4 Å². The Labute approximate surface area is 217 Å². The summed E-state index contributed by atoms with van der Waals surface area (Å²) in [5, 5.41) is 9.61. The summed E-state index contributed by atoms with van der Waals surface area (Å²) in [4.78, 5) is 55.4. The molecule has 3 aliphatic rings. The number of nitrogens with one attached hydrogen (secondary N) is 2. The van der Waals surface area contributed by atoms with Crippen molar-refractivity contribution in [1.29, 1.82) is 0 Å². The molecule has 190 valence electrons. The molecule has 3 amide bonds. The molecule has 2 N–H and O–H groups in total. The van der Waals surface area contributed by atoms with Crippen LogP contribution in [0.15, 0.2) is 24.4 Å². The van der Waals surface area contributed by atoms with Crippen molar-refractivity contribution in [3.8, 4) is 5.69 Å². The Balaban J connectivity index is 1.44. The van der Waals surface area contributed by atoms with Crippen molar-refractivity contribution in [2.45, 2.75) is 39.2 Å². The molecule has 2 aliphatic carbocycles. The van der Waals surface area contributed by atoms with Gasteiger partial charge in [-0.05, 0) is 44.7 Å². The molecule has 0 unspecified atom stereocenters. The fraction of sp³-hybridized carbons (Fsp3) is 0.400. The summed E-state index contributed by atoms with van der Waals surface area (Å²) in [7, 11) is 1.88. The molecule has 6 rings (SSSR count). The van der Waals surface area contributed by atoms with Crippen molar-refractivity contribution in [1.82, 2.24) is 30.0 Å². The molecule has 1 aliphatic heterocycles. The molecule has 0 spiro atoms. The third kappa shape index (κ3) is 4.07. The molecule has 0 atom stereocenters. The van der Waals surface area contributed by atoms with Crippen LogP contribution in [-0.2, 0) is 16.1 Å². The van der Waals surface area contributed by atoms with Gasteiger partial charge in [0.05, 0.1) is 23.6 Å². The standard InChI is InChI=1S/C25H27N9O3/c1-13-28-19-12-32(3)20-17(5-4-6-18(20)34(19)31-13)29-21-16(22(35)26-2)11-27-25(30-21)33(23(36)14-7-8-14)24(37)15-9-10-15/h4-6,11,14-15H,7-10,12H2,1-3H3,(H,26,35)(H,27,29,30)/i2D3. The highest BCUT2D eigenvalue weighted by atomic mass is 16.2. The van der Waals surface area contributed by atoms with E-state index in [-0.39, 0.29) is 41.0 Å². The third-order valence-electron chi connectivity index (χ3n) is 6.66. The first-order valence-corrected chi connectivity index (χ1v) is 12.1.